The molecule has 0 radical (unpaired) electrons. The minimum atomic E-state index is 0.0366. The fourth-order valence-electron chi connectivity index (χ4n) is 3.25. The Labute approximate surface area is 155 Å². The van der Waals surface area contributed by atoms with Crippen molar-refractivity contribution in [3.8, 4) is 11.3 Å². The molecule has 1 amide bonds. The van der Waals surface area contributed by atoms with Crippen LogP contribution in [0.4, 0.5) is 5.82 Å². The van der Waals surface area contributed by atoms with Gasteiger partial charge in [0.1, 0.15) is 17.2 Å². The number of hydrogen-bond donors (Lipinski definition) is 1. The van der Waals surface area contributed by atoms with Gasteiger partial charge in [0.15, 0.2) is 0 Å². The van der Waals surface area contributed by atoms with Crippen LogP contribution in [0.1, 0.15) is 45.1 Å². The number of hydrogen-bond acceptors (Lipinski definition) is 2. The van der Waals surface area contributed by atoms with Crippen LogP contribution in [0, 0.1) is 12.8 Å². The van der Waals surface area contributed by atoms with Gasteiger partial charge in [0.2, 0.25) is 5.91 Å². The Hall–Kier alpha value is -2.62. The Kier molecular flexibility index (Phi) is 5.71. The number of aryl methyl sites for hydroxylation is 1. The summed E-state index contributed by atoms with van der Waals surface area (Å²) < 4.78 is 1.97. The summed E-state index contributed by atoms with van der Waals surface area (Å²) in [5.41, 5.74) is 3.82. The monoisotopic (exact) mass is 349 g/mol. The van der Waals surface area contributed by atoms with Gasteiger partial charge in [-0.25, -0.2) is 4.98 Å². The predicted molar refractivity (Wildman–Crippen MR) is 107 cm³/mol. The van der Waals surface area contributed by atoms with E-state index < -0.39 is 0 Å². The number of carbonyl (C=O) groups excluding carboxylic acids is 1. The highest BCUT2D eigenvalue weighted by Gasteiger charge is 2.21. The zero-order valence-corrected chi connectivity index (χ0v) is 15.8. The highest BCUT2D eigenvalue weighted by atomic mass is 16.2. The van der Waals surface area contributed by atoms with E-state index in [1.165, 1.54) is 0 Å². The van der Waals surface area contributed by atoms with Crippen LogP contribution in [0.3, 0.4) is 0 Å². The van der Waals surface area contributed by atoms with Crippen molar-refractivity contribution in [2.24, 2.45) is 5.92 Å². The highest BCUT2D eigenvalue weighted by molar-refractivity contribution is 5.96. The summed E-state index contributed by atoms with van der Waals surface area (Å²) in [7, 11) is 0. The van der Waals surface area contributed by atoms with Crippen LogP contribution in [0.5, 0.6) is 0 Å². The summed E-state index contributed by atoms with van der Waals surface area (Å²) in [5.74, 6) is 0.876. The molecule has 0 spiro atoms. The molecule has 4 nitrogen and oxygen atoms in total. The standard InChI is InChI=1S/C22H27N3O/c1-4-6-10-17(5-2)22(26)24-21-20(18-11-8-7-9-12-18)23-19-15-16(3)13-14-25(19)21/h7-9,11-15,17H,4-6,10H2,1-3H3,(H,24,26). The third kappa shape index (κ3) is 3.79. The molecule has 0 aliphatic heterocycles. The van der Waals surface area contributed by atoms with Crippen LogP contribution < -0.4 is 5.32 Å². The fraction of sp³-hybridized carbons (Fsp3) is 0.364. The molecule has 1 atom stereocenters. The molecule has 26 heavy (non-hydrogen) atoms. The average Bonchev–Trinajstić information content (AvgIpc) is 3.00. The number of imidazole rings is 1. The van der Waals surface area contributed by atoms with Crippen molar-refractivity contribution >= 4 is 17.4 Å². The van der Waals surface area contributed by atoms with Crippen LogP contribution in [-0.4, -0.2) is 15.3 Å². The second-order valence-electron chi connectivity index (χ2n) is 6.84. The molecule has 136 valence electrons. The second kappa shape index (κ2) is 8.17. The normalized spacial score (nSPS) is 12.3. The molecule has 1 unspecified atom stereocenters. The Balaban J connectivity index is 2.01. The minimum Gasteiger partial charge on any atom is -0.310 e. The largest absolute Gasteiger partial charge is 0.310 e. The van der Waals surface area contributed by atoms with Crippen molar-refractivity contribution in [3.63, 3.8) is 0 Å². The molecular weight excluding hydrogens is 322 g/mol. The first-order chi connectivity index (χ1) is 12.6. The van der Waals surface area contributed by atoms with Crippen LogP contribution in [0.15, 0.2) is 48.7 Å². The molecule has 2 heterocycles. The van der Waals surface area contributed by atoms with Crippen LogP contribution in [-0.2, 0) is 4.79 Å². The van der Waals surface area contributed by atoms with Gasteiger partial charge in [0, 0.05) is 17.7 Å². The molecule has 0 saturated carbocycles. The molecule has 1 N–H and O–H groups in total. The lowest BCUT2D eigenvalue weighted by Crippen LogP contribution is -2.23. The van der Waals surface area contributed by atoms with Gasteiger partial charge in [0.05, 0.1) is 0 Å². The number of fused-ring (bicyclic) bond motifs is 1. The van der Waals surface area contributed by atoms with E-state index in [4.69, 9.17) is 4.98 Å². The Bertz CT molecular complexity index is 883. The van der Waals surface area contributed by atoms with E-state index >= 15 is 0 Å². The number of amides is 1. The molecule has 0 fully saturated rings. The zero-order valence-electron chi connectivity index (χ0n) is 15.8. The van der Waals surface area contributed by atoms with E-state index in [0.717, 1.165) is 54.0 Å². The van der Waals surface area contributed by atoms with Crippen LogP contribution in [0.25, 0.3) is 16.9 Å². The lowest BCUT2D eigenvalue weighted by Gasteiger charge is -2.15. The average molecular weight is 349 g/mol. The van der Waals surface area contributed by atoms with Gasteiger partial charge in [-0.1, -0.05) is 57.0 Å². The van der Waals surface area contributed by atoms with Gasteiger partial charge in [0.25, 0.3) is 0 Å². The summed E-state index contributed by atoms with van der Waals surface area (Å²) >= 11 is 0. The van der Waals surface area contributed by atoms with Gasteiger partial charge in [-0.15, -0.1) is 0 Å². The molecule has 3 aromatic rings. The number of nitrogens with zero attached hydrogens (tertiary/aromatic N) is 2. The quantitative estimate of drug-likeness (QED) is 0.615. The lowest BCUT2D eigenvalue weighted by atomic mass is 9.98. The summed E-state index contributed by atoms with van der Waals surface area (Å²) in [5, 5.41) is 3.17. The first-order valence-electron chi connectivity index (χ1n) is 9.49. The summed E-state index contributed by atoms with van der Waals surface area (Å²) in [4.78, 5) is 17.7. The maximum absolute atomic E-state index is 12.9. The first kappa shape index (κ1) is 18.2. The summed E-state index contributed by atoms with van der Waals surface area (Å²) in [6.45, 7) is 6.29. The van der Waals surface area contributed by atoms with Crippen molar-refractivity contribution in [1.82, 2.24) is 9.38 Å². The number of anilines is 1. The fourth-order valence-corrected chi connectivity index (χ4v) is 3.25. The number of pyridine rings is 1. The Morgan fingerprint density at radius 3 is 2.65 bits per heavy atom. The molecular formula is C22H27N3O. The molecule has 0 aliphatic rings. The smallest absolute Gasteiger partial charge is 0.228 e. The molecule has 0 bridgehead atoms. The number of aromatic nitrogens is 2. The first-order valence-corrected chi connectivity index (χ1v) is 9.49. The van der Waals surface area contributed by atoms with Gasteiger partial charge >= 0.3 is 0 Å². The van der Waals surface area contributed by atoms with Crippen molar-refractivity contribution in [1.29, 1.82) is 0 Å². The molecule has 0 aliphatic carbocycles. The highest BCUT2D eigenvalue weighted by Crippen LogP contribution is 2.30. The van der Waals surface area contributed by atoms with E-state index in [2.05, 4.69) is 19.2 Å². The number of benzene rings is 1. The van der Waals surface area contributed by atoms with Gasteiger partial charge in [-0.3, -0.25) is 9.20 Å². The Morgan fingerprint density at radius 2 is 1.96 bits per heavy atom. The SMILES string of the molecule is CCCCC(CC)C(=O)Nc1c(-c2ccccc2)nc2cc(C)ccn12. The topological polar surface area (TPSA) is 46.4 Å². The Morgan fingerprint density at radius 1 is 1.19 bits per heavy atom. The van der Waals surface area contributed by atoms with Crippen LogP contribution >= 0.6 is 0 Å². The zero-order chi connectivity index (χ0) is 18.5. The van der Waals surface area contributed by atoms with Crippen molar-refractivity contribution < 1.29 is 4.79 Å². The third-order valence-electron chi connectivity index (χ3n) is 4.84. The van der Waals surface area contributed by atoms with Crippen LogP contribution in [0.2, 0.25) is 0 Å². The minimum absolute atomic E-state index is 0.0366. The molecule has 2 aromatic heterocycles. The molecule has 0 saturated heterocycles. The summed E-state index contributed by atoms with van der Waals surface area (Å²) in [6.07, 6.45) is 5.93. The van der Waals surface area contributed by atoms with Gasteiger partial charge < -0.3 is 5.32 Å². The van der Waals surface area contributed by atoms with Gasteiger partial charge in [-0.2, -0.15) is 0 Å². The number of unbranched alkanes of at least 4 members (excludes halogenated alkanes) is 1. The van der Waals surface area contributed by atoms with Crippen molar-refractivity contribution in [2.45, 2.75) is 46.5 Å². The third-order valence-corrected chi connectivity index (χ3v) is 4.84. The maximum atomic E-state index is 12.9. The second-order valence-corrected chi connectivity index (χ2v) is 6.84. The predicted octanol–water partition coefficient (Wildman–Crippen LogP) is 5.46. The van der Waals surface area contributed by atoms with E-state index in [1.54, 1.807) is 0 Å². The van der Waals surface area contributed by atoms with E-state index in [-0.39, 0.29) is 11.8 Å². The van der Waals surface area contributed by atoms with E-state index in [1.807, 2.05) is 60.0 Å². The van der Waals surface area contributed by atoms with Crippen molar-refractivity contribution in [2.75, 3.05) is 5.32 Å². The summed E-state index contributed by atoms with van der Waals surface area (Å²) in [6, 6.07) is 14.1. The van der Waals surface area contributed by atoms with E-state index in [9.17, 15) is 4.79 Å². The maximum Gasteiger partial charge on any atom is 0.228 e. The molecule has 1 aromatic carbocycles. The molecule has 4 heteroatoms. The van der Waals surface area contributed by atoms with E-state index in [0.29, 0.717) is 0 Å². The molecule has 3 rings (SSSR count). The van der Waals surface area contributed by atoms with Gasteiger partial charge in [-0.05, 0) is 37.5 Å². The number of nitrogens with one attached hydrogen (secondary N) is 1. The number of rotatable bonds is 7. The lowest BCUT2D eigenvalue weighted by molar-refractivity contribution is -0.120. The van der Waals surface area contributed by atoms with Crippen molar-refractivity contribution in [3.05, 3.63) is 54.2 Å². The number of carbonyl (C=O) groups is 1.